The summed E-state index contributed by atoms with van der Waals surface area (Å²) in [7, 11) is 0. The molecule has 3 amide bonds. The van der Waals surface area contributed by atoms with Crippen molar-refractivity contribution in [2.75, 3.05) is 18.5 Å². The van der Waals surface area contributed by atoms with E-state index in [1.165, 1.54) is 24.3 Å². The van der Waals surface area contributed by atoms with Crippen LogP contribution in [0.3, 0.4) is 0 Å². The summed E-state index contributed by atoms with van der Waals surface area (Å²) in [4.78, 5) is 49.8. The van der Waals surface area contributed by atoms with Crippen LogP contribution in [0.25, 0.3) is 0 Å². The monoisotopic (exact) mass is 374 g/mol. The molecule has 2 bridgehead atoms. The average molecular weight is 374 g/mol. The number of nitrogens with one attached hydrogen (secondary N) is 1. The Morgan fingerprint density at radius 2 is 1.67 bits per heavy atom. The summed E-state index contributed by atoms with van der Waals surface area (Å²) >= 11 is 0. The van der Waals surface area contributed by atoms with Crippen LogP contribution >= 0.6 is 0 Å². The van der Waals surface area contributed by atoms with Crippen LogP contribution in [0, 0.1) is 29.5 Å². The summed E-state index contributed by atoms with van der Waals surface area (Å²) in [6.45, 7) is -1.02. The van der Waals surface area contributed by atoms with E-state index in [1.807, 2.05) is 0 Å². The van der Waals surface area contributed by atoms with Gasteiger partial charge in [-0.2, -0.15) is 0 Å². The fraction of sp³-hybridized carbons (Fsp3) is 0.474. The van der Waals surface area contributed by atoms with Gasteiger partial charge in [0.2, 0.25) is 11.8 Å². The van der Waals surface area contributed by atoms with E-state index >= 15 is 0 Å². The zero-order chi connectivity index (χ0) is 19.1. The molecule has 3 fully saturated rings. The molecule has 2 aliphatic carbocycles. The number of hydrogen-bond acceptors (Lipinski definition) is 5. The molecule has 4 atom stereocenters. The first-order valence-corrected chi connectivity index (χ1v) is 9.00. The van der Waals surface area contributed by atoms with Gasteiger partial charge in [-0.25, -0.2) is 4.39 Å². The van der Waals surface area contributed by atoms with E-state index in [1.54, 1.807) is 0 Å². The number of imide groups is 1. The highest BCUT2D eigenvalue weighted by atomic mass is 19.1. The van der Waals surface area contributed by atoms with Gasteiger partial charge in [0.15, 0.2) is 6.61 Å². The van der Waals surface area contributed by atoms with Crippen molar-refractivity contribution in [3.8, 4) is 0 Å². The van der Waals surface area contributed by atoms with Crippen LogP contribution < -0.4 is 5.32 Å². The molecule has 1 saturated heterocycles. The van der Waals surface area contributed by atoms with Crippen LogP contribution in [0.1, 0.15) is 19.3 Å². The first-order chi connectivity index (χ1) is 12.9. The molecule has 1 aromatic rings. The number of amides is 3. The number of esters is 1. The number of ether oxygens (including phenoxy) is 1. The van der Waals surface area contributed by atoms with Crippen LogP contribution in [0.2, 0.25) is 0 Å². The normalized spacial score (nSPS) is 28.4. The van der Waals surface area contributed by atoms with Crippen molar-refractivity contribution in [2.45, 2.75) is 19.3 Å². The molecule has 0 spiro atoms. The third-order valence-electron chi connectivity index (χ3n) is 5.80. The summed E-state index contributed by atoms with van der Waals surface area (Å²) < 4.78 is 17.7. The topological polar surface area (TPSA) is 92.8 Å². The Hall–Kier alpha value is -2.77. The Kier molecular flexibility index (Phi) is 4.41. The first-order valence-electron chi connectivity index (χ1n) is 9.00. The lowest BCUT2D eigenvalue weighted by Crippen LogP contribution is -2.38. The summed E-state index contributed by atoms with van der Waals surface area (Å²) in [5.74, 6) is -2.48. The number of carbonyl (C=O) groups is 4. The molecule has 0 radical (unpaired) electrons. The predicted molar refractivity (Wildman–Crippen MR) is 90.5 cm³/mol. The van der Waals surface area contributed by atoms with Gasteiger partial charge < -0.3 is 10.1 Å². The van der Waals surface area contributed by atoms with Gasteiger partial charge in [-0.15, -0.1) is 0 Å². The van der Waals surface area contributed by atoms with Crippen LogP contribution in [-0.2, 0) is 23.9 Å². The van der Waals surface area contributed by atoms with Crippen molar-refractivity contribution in [3.63, 3.8) is 0 Å². The van der Waals surface area contributed by atoms with Crippen LogP contribution in [-0.4, -0.2) is 41.7 Å². The highest BCUT2D eigenvalue weighted by Crippen LogP contribution is 2.56. The van der Waals surface area contributed by atoms with E-state index in [0.717, 1.165) is 24.2 Å². The highest BCUT2D eigenvalue weighted by Gasteiger charge is 2.61. The molecule has 0 unspecified atom stereocenters. The number of nitrogens with zero attached hydrogens (tertiary/aromatic N) is 1. The first kappa shape index (κ1) is 17.6. The van der Waals surface area contributed by atoms with Crippen LogP contribution in [0.5, 0.6) is 0 Å². The lowest BCUT2D eigenvalue weighted by Gasteiger charge is -2.19. The maximum Gasteiger partial charge on any atom is 0.326 e. The molecule has 2 saturated carbocycles. The van der Waals surface area contributed by atoms with Crippen molar-refractivity contribution in [2.24, 2.45) is 23.7 Å². The van der Waals surface area contributed by atoms with E-state index in [-0.39, 0.29) is 35.5 Å². The Morgan fingerprint density at radius 1 is 1.07 bits per heavy atom. The number of halogens is 1. The summed E-state index contributed by atoms with van der Waals surface area (Å²) in [5, 5.41) is 2.46. The molecule has 27 heavy (non-hydrogen) atoms. The van der Waals surface area contributed by atoms with Crippen molar-refractivity contribution in [3.05, 3.63) is 30.1 Å². The number of fused-ring (bicyclic) bond motifs is 5. The van der Waals surface area contributed by atoms with E-state index in [4.69, 9.17) is 4.74 Å². The predicted octanol–water partition coefficient (Wildman–Crippen LogP) is 1.34. The van der Waals surface area contributed by atoms with E-state index in [2.05, 4.69) is 5.32 Å². The second-order valence-corrected chi connectivity index (χ2v) is 7.36. The SMILES string of the molecule is O=C(COC(=O)CN1C(=O)[C@@H]2[C@@H]3CC[C@@H](C3)[C@@H]2C1=O)Nc1ccc(F)cc1. The summed E-state index contributed by atoms with van der Waals surface area (Å²) in [6, 6.07) is 5.14. The molecule has 142 valence electrons. The second kappa shape index (κ2) is 6.75. The fourth-order valence-electron chi connectivity index (χ4n) is 4.68. The number of likely N-dealkylation sites (tertiary alicyclic amines) is 1. The van der Waals surface area contributed by atoms with Gasteiger partial charge in [0.25, 0.3) is 5.91 Å². The van der Waals surface area contributed by atoms with E-state index in [9.17, 15) is 23.6 Å². The Labute approximate surface area is 154 Å². The molecule has 3 aliphatic rings. The number of rotatable bonds is 5. The van der Waals surface area contributed by atoms with Crippen molar-refractivity contribution < 1.29 is 28.3 Å². The number of benzene rings is 1. The standard InChI is InChI=1S/C19H19FN2O5/c20-12-3-5-13(6-4-12)21-14(23)9-27-15(24)8-22-18(25)16-10-1-2-11(7-10)17(16)19(22)26/h3-6,10-11,16-17H,1-2,7-9H2,(H,21,23)/t10-,11+,16-,17+. The Morgan fingerprint density at radius 3 is 2.26 bits per heavy atom. The molecule has 1 aromatic carbocycles. The van der Waals surface area contributed by atoms with Crippen LogP contribution in [0.15, 0.2) is 24.3 Å². The molecule has 8 heteroatoms. The van der Waals surface area contributed by atoms with Gasteiger partial charge in [-0.05, 0) is 55.4 Å². The van der Waals surface area contributed by atoms with Crippen molar-refractivity contribution >= 4 is 29.4 Å². The molecule has 1 aliphatic heterocycles. The molecule has 0 aromatic heterocycles. The maximum atomic E-state index is 12.8. The third kappa shape index (κ3) is 3.20. The molecule has 7 nitrogen and oxygen atoms in total. The molecular weight excluding hydrogens is 355 g/mol. The lowest BCUT2D eigenvalue weighted by molar-refractivity contribution is -0.154. The molecule has 4 rings (SSSR count). The number of carbonyl (C=O) groups excluding carboxylic acids is 4. The zero-order valence-corrected chi connectivity index (χ0v) is 14.5. The number of anilines is 1. The number of hydrogen-bond donors (Lipinski definition) is 1. The average Bonchev–Trinajstić information content (AvgIpc) is 3.32. The minimum atomic E-state index is -0.807. The minimum Gasteiger partial charge on any atom is -0.454 e. The third-order valence-corrected chi connectivity index (χ3v) is 5.80. The molecule has 1 N–H and O–H groups in total. The van der Waals surface area contributed by atoms with Gasteiger partial charge >= 0.3 is 5.97 Å². The van der Waals surface area contributed by atoms with Gasteiger partial charge in [0.1, 0.15) is 12.4 Å². The zero-order valence-electron chi connectivity index (χ0n) is 14.5. The molecular formula is C19H19FN2O5. The van der Waals surface area contributed by atoms with Gasteiger partial charge in [0, 0.05) is 5.69 Å². The summed E-state index contributed by atoms with van der Waals surface area (Å²) in [5.41, 5.74) is 0.366. The second-order valence-electron chi connectivity index (χ2n) is 7.36. The largest absolute Gasteiger partial charge is 0.454 e. The molecule has 1 heterocycles. The quantitative estimate of drug-likeness (QED) is 0.620. The lowest BCUT2D eigenvalue weighted by atomic mass is 9.81. The van der Waals surface area contributed by atoms with E-state index < -0.39 is 30.8 Å². The summed E-state index contributed by atoms with van der Waals surface area (Å²) in [6.07, 6.45) is 2.86. The van der Waals surface area contributed by atoms with Gasteiger partial charge in [-0.3, -0.25) is 24.1 Å². The maximum absolute atomic E-state index is 12.8. The Balaban J connectivity index is 1.28. The van der Waals surface area contributed by atoms with Crippen molar-refractivity contribution in [1.82, 2.24) is 4.90 Å². The van der Waals surface area contributed by atoms with Gasteiger partial charge in [0.05, 0.1) is 11.8 Å². The fourth-order valence-corrected chi connectivity index (χ4v) is 4.68. The van der Waals surface area contributed by atoms with Gasteiger partial charge in [-0.1, -0.05) is 0 Å². The van der Waals surface area contributed by atoms with Crippen molar-refractivity contribution in [1.29, 1.82) is 0 Å². The smallest absolute Gasteiger partial charge is 0.326 e. The Bertz CT molecular complexity index is 781. The minimum absolute atomic E-state index is 0.249. The highest BCUT2D eigenvalue weighted by molar-refractivity contribution is 6.07. The van der Waals surface area contributed by atoms with E-state index in [0.29, 0.717) is 5.69 Å². The van der Waals surface area contributed by atoms with Crippen LogP contribution in [0.4, 0.5) is 10.1 Å².